The van der Waals surface area contributed by atoms with Crippen LogP contribution in [0.5, 0.6) is 0 Å². The van der Waals surface area contributed by atoms with Gasteiger partial charge >= 0.3 is 5.97 Å². The van der Waals surface area contributed by atoms with Gasteiger partial charge in [-0.05, 0) is 36.5 Å². The van der Waals surface area contributed by atoms with E-state index in [-0.39, 0.29) is 17.5 Å². The number of carboxylic acids is 1. The minimum Gasteiger partial charge on any atom is -0.478 e. The summed E-state index contributed by atoms with van der Waals surface area (Å²) >= 11 is 0. The van der Waals surface area contributed by atoms with Crippen LogP contribution in [0.15, 0.2) is 24.3 Å². The van der Waals surface area contributed by atoms with Crippen molar-refractivity contribution in [3.8, 4) is 0 Å². The minimum atomic E-state index is -0.949. The van der Waals surface area contributed by atoms with Crippen LogP contribution >= 0.6 is 0 Å². The van der Waals surface area contributed by atoms with Crippen LogP contribution in [0.3, 0.4) is 0 Å². The number of carboxylic acid groups (broad SMARTS) is 1. The summed E-state index contributed by atoms with van der Waals surface area (Å²) in [4.78, 5) is 25.3. The van der Waals surface area contributed by atoms with Gasteiger partial charge in [-0.2, -0.15) is 0 Å². The number of amides is 1. The number of morpholine rings is 1. The molecule has 112 valence electrons. The van der Waals surface area contributed by atoms with Crippen LogP contribution in [0.25, 0.3) is 0 Å². The predicted molar refractivity (Wildman–Crippen MR) is 76.1 cm³/mol. The van der Waals surface area contributed by atoms with Crippen LogP contribution in [0.2, 0.25) is 0 Å². The number of carbonyl (C=O) groups excluding carboxylic acids is 1. The number of rotatable bonds is 4. The largest absolute Gasteiger partial charge is 0.478 e. The van der Waals surface area contributed by atoms with Gasteiger partial charge in [-0.3, -0.25) is 4.79 Å². The molecule has 21 heavy (non-hydrogen) atoms. The lowest BCUT2D eigenvalue weighted by molar-refractivity contribution is -0.140. The van der Waals surface area contributed by atoms with Crippen molar-refractivity contribution >= 4 is 11.9 Å². The Hall–Kier alpha value is -1.88. The van der Waals surface area contributed by atoms with E-state index in [0.29, 0.717) is 32.1 Å². The highest BCUT2D eigenvalue weighted by Crippen LogP contribution is 2.36. The Morgan fingerprint density at radius 3 is 2.57 bits per heavy atom. The highest BCUT2D eigenvalue weighted by molar-refractivity contribution is 5.87. The molecule has 0 radical (unpaired) electrons. The summed E-state index contributed by atoms with van der Waals surface area (Å²) in [6, 6.07) is 6.75. The van der Waals surface area contributed by atoms with Crippen molar-refractivity contribution in [1.82, 2.24) is 4.90 Å². The lowest BCUT2D eigenvalue weighted by Crippen LogP contribution is -2.50. The van der Waals surface area contributed by atoms with Crippen molar-refractivity contribution in [1.29, 1.82) is 0 Å². The third-order valence-electron chi connectivity index (χ3n) is 4.21. The van der Waals surface area contributed by atoms with Gasteiger partial charge in [0.25, 0.3) is 0 Å². The second-order valence-corrected chi connectivity index (χ2v) is 5.75. The van der Waals surface area contributed by atoms with E-state index in [1.807, 2.05) is 4.90 Å². The lowest BCUT2D eigenvalue weighted by Gasteiger charge is -2.36. The number of nitrogens with zero attached hydrogens (tertiary/aromatic N) is 1. The fraction of sp³-hybridized carbons (Fsp3) is 0.500. The maximum Gasteiger partial charge on any atom is 0.335 e. The summed E-state index contributed by atoms with van der Waals surface area (Å²) in [7, 11) is 0. The van der Waals surface area contributed by atoms with Gasteiger partial charge in [-0.15, -0.1) is 0 Å². The van der Waals surface area contributed by atoms with Gasteiger partial charge in [-0.25, -0.2) is 4.79 Å². The van der Waals surface area contributed by atoms with E-state index < -0.39 is 5.97 Å². The monoisotopic (exact) mass is 289 g/mol. The van der Waals surface area contributed by atoms with E-state index in [1.165, 1.54) is 12.8 Å². The zero-order valence-corrected chi connectivity index (χ0v) is 11.8. The second kappa shape index (κ2) is 5.85. The molecule has 0 bridgehead atoms. The van der Waals surface area contributed by atoms with Crippen molar-refractivity contribution in [2.75, 3.05) is 19.8 Å². The van der Waals surface area contributed by atoms with Gasteiger partial charge in [0.1, 0.15) is 0 Å². The number of ether oxygens (including phenoxy) is 1. The summed E-state index contributed by atoms with van der Waals surface area (Å²) in [6.45, 7) is 1.91. The number of benzene rings is 1. The zero-order valence-electron chi connectivity index (χ0n) is 11.8. The highest BCUT2D eigenvalue weighted by Gasteiger charge is 2.39. The Labute approximate surface area is 123 Å². The minimum absolute atomic E-state index is 0.110. The molecule has 5 heteroatoms. The van der Waals surface area contributed by atoms with Crippen molar-refractivity contribution in [3.05, 3.63) is 35.4 Å². The average Bonchev–Trinajstić information content (AvgIpc) is 3.32. The molecule has 5 nitrogen and oxygen atoms in total. The smallest absolute Gasteiger partial charge is 0.335 e. The molecule has 0 aromatic heterocycles. The van der Waals surface area contributed by atoms with Crippen LogP contribution in [-0.4, -0.2) is 47.7 Å². The summed E-state index contributed by atoms with van der Waals surface area (Å²) < 4.78 is 5.50. The molecule has 1 amide bonds. The topological polar surface area (TPSA) is 66.8 Å². The molecule has 1 aliphatic carbocycles. The number of aromatic carboxylic acids is 1. The maximum absolute atomic E-state index is 12.5. The summed E-state index contributed by atoms with van der Waals surface area (Å²) in [5.41, 5.74) is 1.10. The van der Waals surface area contributed by atoms with E-state index in [1.54, 1.807) is 24.3 Å². The van der Waals surface area contributed by atoms with Crippen molar-refractivity contribution in [2.24, 2.45) is 5.92 Å². The first-order valence-corrected chi connectivity index (χ1v) is 7.34. The highest BCUT2D eigenvalue weighted by atomic mass is 16.5. The summed E-state index contributed by atoms with van der Waals surface area (Å²) in [6.07, 6.45) is 2.69. The molecule has 1 saturated heterocycles. The third-order valence-corrected chi connectivity index (χ3v) is 4.21. The number of hydrogen-bond donors (Lipinski definition) is 1. The molecule has 1 aliphatic heterocycles. The fourth-order valence-corrected chi connectivity index (χ4v) is 2.85. The summed E-state index contributed by atoms with van der Waals surface area (Å²) in [5.74, 6) is -0.239. The predicted octanol–water partition coefficient (Wildman–Crippen LogP) is 1.56. The normalized spacial score (nSPS) is 22.1. The van der Waals surface area contributed by atoms with Gasteiger partial charge in [0.15, 0.2) is 0 Å². The molecular weight excluding hydrogens is 270 g/mol. The van der Waals surface area contributed by atoms with Crippen LogP contribution in [0.4, 0.5) is 0 Å². The van der Waals surface area contributed by atoms with Crippen LogP contribution in [0.1, 0.15) is 28.8 Å². The Morgan fingerprint density at radius 2 is 1.95 bits per heavy atom. The van der Waals surface area contributed by atoms with E-state index in [2.05, 4.69) is 0 Å². The first kappa shape index (κ1) is 14.1. The quantitative estimate of drug-likeness (QED) is 0.913. The molecule has 1 N–H and O–H groups in total. The molecule has 2 aliphatic rings. The molecule has 1 unspecified atom stereocenters. The third kappa shape index (κ3) is 3.24. The van der Waals surface area contributed by atoms with Gasteiger partial charge in [0, 0.05) is 6.54 Å². The molecule has 1 atom stereocenters. The second-order valence-electron chi connectivity index (χ2n) is 5.75. The van der Waals surface area contributed by atoms with Crippen LogP contribution in [0, 0.1) is 5.92 Å². The number of hydrogen-bond acceptors (Lipinski definition) is 3. The molecule has 1 aromatic carbocycles. The Morgan fingerprint density at radius 1 is 1.24 bits per heavy atom. The fourth-order valence-electron chi connectivity index (χ4n) is 2.85. The number of carbonyl (C=O) groups is 2. The van der Waals surface area contributed by atoms with E-state index in [4.69, 9.17) is 9.84 Å². The molecule has 3 rings (SSSR count). The first-order valence-electron chi connectivity index (χ1n) is 7.34. The van der Waals surface area contributed by atoms with E-state index in [0.717, 1.165) is 5.56 Å². The maximum atomic E-state index is 12.5. The van der Waals surface area contributed by atoms with Gasteiger partial charge in [0.05, 0.1) is 31.2 Å². The molecule has 1 saturated carbocycles. The van der Waals surface area contributed by atoms with Crippen molar-refractivity contribution in [3.63, 3.8) is 0 Å². The lowest BCUT2D eigenvalue weighted by atomic mass is 10.1. The molecule has 2 fully saturated rings. The Kier molecular flexibility index (Phi) is 3.92. The summed E-state index contributed by atoms with van der Waals surface area (Å²) in [5, 5.41) is 8.88. The first-order chi connectivity index (χ1) is 10.1. The van der Waals surface area contributed by atoms with Gasteiger partial charge in [0.2, 0.25) is 5.91 Å². The molecular formula is C16H19NO4. The molecule has 1 heterocycles. The zero-order chi connectivity index (χ0) is 14.8. The van der Waals surface area contributed by atoms with Gasteiger partial charge in [-0.1, -0.05) is 12.1 Å². The standard InChI is InChI=1S/C16H19NO4/c18-15(9-11-1-3-13(4-2-11)16(19)20)17-7-8-21-10-14(17)12-5-6-12/h1-4,12,14H,5-10H2,(H,19,20). The Bertz CT molecular complexity index is 536. The van der Waals surface area contributed by atoms with Gasteiger partial charge < -0.3 is 14.7 Å². The molecule has 1 aromatic rings. The van der Waals surface area contributed by atoms with Crippen LogP contribution < -0.4 is 0 Å². The van der Waals surface area contributed by atoms with E-state index in [9.17, 15) is 9.59 Å². The molecule has 0 spiro atoms. The van der Waals surface area contributed by atoms with Crippen LogP contribution in [-0.2, 0) is 16.0 Å². The Balaban J connectivity index is 1.65. The van der Waals surface area contributed by atoms with E-state index >= 15 is 0 Å². The van der Waals surface area contributed by atoms with Crippen molar-refractivity contribution in [2.45, 2.75) is 25.3 Å². The SMILES string of the molecule is O=C(O)c1ccc(CC(=O)N2CCOCC2C2CC2)cc1. The van der Waals surface area contributed by atoms with Crippen molar-refractivity contribution < 1.29 is 19.4 Å². The average molecular weight is 289 g/mol.